The zero-order valence-electron chi connectivity index (χ0n) is 11.3. The van der Waals surface area contributed by atoms with E-state index in [0.29, 0.717) is 5.56 Å². The number of benzene rings is 2. The average molecular weight is 333 g/mol. The van der Waals surface area contributed by atoms with E-state index in [1.807, 2.05) is 48.5 Å². The number of halogens is 1. The van der Waals surface area contributed by atoms with Crippen molar-refractivity contribution in [3.05, 3.63) is 58.6 Å². The molecule has 0 fully saturated rings. The first-order valence-corrected chi connectivity index (χ1v) is 7.40. The first-order chi connectivity index (χ1) is 9.72. The van der Waals surface area contributed by atoms with Crippen LogP contribution in [0.1, 0.15) is 23.7 Å². The Balaban J connectivity index is 2.19. The molecule has 4 heteroatoms. The van der Waals surface area contributed by atoms with Crippen molar-refractivity contribution in [3.63, 3.8) is 0 Å². The Morgan fingerprint density at radius 2 is 1.70 bits per heavy atom. The summed E-state index contributed by atoms with van der Waals surface area (Å²) >= 11 is 3.43. The van der Waals surface area contributed by atoms with Gasteiger partial charge in [0.05, 0.1) is 11.3 Å². The van der Waals surface area contributed by atoms with E-state index in [9.17, 15) is 4.79 Å². The minimum atomic E-state index is -0.115. The SMILES string of the molecule is CCCNc1ccccc1C(=O)Nc1ccccc1Br. The lowest BCUT2D eigenvalue weighted by Crippen LogP contribution is -2.15. The molecule has 0 aromatic heterocycles. The van der Waals surface area contributed by atoms with E-state index < -0.39 is 0 Å². The van der Waals surface area contributed by atoms with Gasteiger partial charge in [-0.05, 0) is 46.6 Å². The second kappa shape index (κ2) is 7.10. The predicted octanol–water partition coefficient (Wildman–Crippen LogP) is 4.52. The van der Waals surface area contributed by atoms with Crippen LogP contribution in [0.4, 0.5) is 11.4 Å². The van der Waals surface area contributed by atoms with Crippen LogP contribution in [0, 0.1) is 0 Å². The summed E-state index contributed by atoms with van der Waals surface area (Å²) in [5.41, 5.74) is 2.28. The summed E-state index contributed by atoms with van der Waals surface area (Å²) in [6.07, 6.45) is 1.01. The third-order valence-electron chi connectivity index (χ3n) is 2.86. The number of carbonyl (C=O) groups is 1. The van der Waals surface area contributed by atoms with Gasteiger partial charge in [-0.3, -0.25) is 4.79 Å². The van der Waals surface area contributed by atoms with Gasteiger partial charge in [-0.1, -0.05) is 31.2 Å². The van der Waals surface area contributed by atoms with Crippen molar-refractivity contribution in [3.8, 4) is 0 Å². The van der Waals surface area contributed by atoms with Gasteiger partial charge in [-0.25, -0.2) is 0 Å². The van der Waals surface area contributed by atoms with Crippen LogP contribution in [-0.2, 0) is 0 Å². The van der Waals surface area contributed by atoms with Crippen LogP contribution in [0.2, 0.25) is 0 Å². The Labute approximate surface area is 127 Å². The van der Waals surface area contributed by atoms with Crippen LogP contribution in [0.25, 0.3) is 0 Å². The lowest BCUT2D eigenvalue weighted by atomic mass is 10.1. The summed E-state index contributed by atoms with van der Waals surface area (Å²) in [4.78, 5) is 12.4. The quantitative estimate of drug-likeness (QED) is 0.844. The molecule has 0 aliphatic heterocycles. The molecule has 0 radical (unpaired) electrons. The molecule has 0 saturated heterocycles. The summed E-state index contributed by atoms with van der Waals surface area (Å²) in [5, 5.41) is 6.19. The average Bonchev–Trinajstić information content (AvgIpc) is 2.47. The minimum absolute atomic E-state index is 0.115. The first kappa shape index (κ1) is 14.6. The molecule has 0 spiro atoms. The van der Waals surface area contributed by atoms with Gasteiger partial charge in [-0.15, -0.1) is 0 Å². The lowest BCUT2D eigenvalue weighted by molar-refractivity contribution is 0.102. The molecule has 0 bridgehead atoms. The Kier molecular flexibility index (Phi) is 5.18. The minimum Gasteiger partial charge on any atom is -0.384 e. The fourth-order valence-corrected chi connectivity index (χ4v) is 2.23. The van der Waals surface area contributed by atoms with E-state index in [1.165, 1.54) is 0 Å². The van der Waals surface area contributed by atoms with Crippen molar-refractivity contribution in [2.75, 3.05) is 17.2 Å². The van der Waals surface area contributed by atoms with E-state index in [-0.39, 0.29) is 5.91 Å². The normalized spacial score (nSPS) is 10.1. The van der Waals surface area contributed by atoms with Gasteiger partial charge in [0, 0.05) is 16.7 Å². The number of nitrogens with one attached hydrogen (secondary N) is 2. The molecule has 2 N–H and O–H groups in total. The third-order valence-corrected chi connectivity index (χ3v) is 3.55. The van der Waals surface area contributed by atoms with Crippen LogP contribution in [-0.4, -0.2) is 12.5 Å². The summed E-state index contributed by atoms with van der Waals surface area (Å²) in [7, 11) is 0. The molecule has 0 aliphatic rings. The molecule has 1 amide bonds. The number of amides is 1. The van der Waals surface area contributed by atoms with Gasteiger partial charge in [0.15, 0.2) is 0 Å². The van der Waals surface area contributed by atoms with Crippen LogP contribution < -0.4 is 10.6 Å². The van der Waals surface area contributed by atoms with Crippen molar-refractivity contribution >= 4 is 33.2 Å². The molecular weight excluding hydrogens is 316 g/mol. The summed E-state index contributed by atoms with van der Waals surface area (Å²) in [6, 6.07) is 15.1. The van der Waals surface area contributed by atoms with E-state index in [2.05, 4.69) is 33.5 Å². The van der Waals surface area contributed by atoms with Gasteiger partial charge < -0.3 is 10.6 Å². The van der Waals surface area contributed by atoms with E-state index in [4.69, 9.17) is 0 Å². The maximum Gasteiger partial charge on any atom is 0.257 e. The van der Waals surface area contributed by atoms with Crippen LogP contribution in [0.5, 0.6) is 0 Å². The molecule has 2 aromatic carbocycles. The van der Waals surface area contributed by atoms with Crippen LogP contribution in [0.15, 0.2) is 53.0 Å². The van der Waals surface area contributed by atoms with Crippen LogP contribution in [0.3, 0.4) is 0 Å². The summed E-state index contributed by atoms with van der Waals surface area (Å²) < 4.78 is 0.868. The largest absolute Gasteiger partial charge is 0.384 e. The smallest absolute Gasteiger partial charge is 0.257 e. The number of hydrogen-bond acceptors (Lipinski definition) is 2. The maximum atomic E-state index is 12.4. The molecule has 20 heavy (non-hydrogen) atoms. The molecule has 0 saturated carbocycles. The topological polar surface area (TPSA) is 41.1 Å². The second-order valence-corrected chi connectivity index (χ2v) is 5.26. The lowest BCUT2D eigenvalue weighted by Gasteiger charge is -2.12. The molecule has 0 heterocycles. The fraction of sp³-hybridized carbons (Fsp3) is 0.188. The van der Waals surface area contributed by atoms with Crippen molar-refractivity contribution in [2.24, 2.45) is 0 Å². The van der Waals surface area contributed by atoms with Gasteiger partial charge in [0.2, 0.25) is 0 Å². The van der Waals surface area contributed by atoms with Gasteiger partial charge in [0.1, 0.15) is 0 Å². The first-order valence-electron chi connectivity index (χ1n) is 6.61. The van der Waals surface area contributed by atoms with Gasteiger partial charge >= 0.3 is 0 Å². The third kappa shape index (κ3) is 3.61. The Morgan fingerprint density at radius 1 is 1.05 bits per heavy atom. The van der Waals surface area contributed by atoms with Crippen molar-refractivity contribution in [2.45, 2.75) is 13.3 Å². The van der Waals surface area contributed by atoms with E-state index in [0.717, 1.165) is 28.8 Å². The second-order valence-electron chi connectivity index (χ2n) is 4.41. The molecular formula is C16H17BrN2O. The molecule has 2 aromatic rings. The van der Waals surface area contributed by atoms with Crippen molar-refractivity contribution in [1.82, 2.24) is 0 Å². The summed E-state index contributed by atoms with van der Waals surface area (Å²) in [5.74, 6) is -0.115. The van der Waals surface area contributed by atoms with Gasteiger partial charge in [0.25, 0.3) is 5.91 Å². The van der Waals surface area contributed by atoms with Crippen LogP contribution >= 0.6 is 15.9 Å². The Bertz CT molecular complexity index is 599. The predicted molar refractivity (Wildman–Crippen MR) is 87.3 cm³/mol. The number of para-hydroxylation sites is 2. The molecule has 0 aliphatic carbocycles. The zero-order valence-corrected chi connectivity index (χ0v) is 12.9. The number of carbonyl (C=O) groups excluding carboxylic acids is 1. The van der Waals surface area contributed by atoms with Crippen molar-refractivity contribution < 1.29 is 4.79 Å². The highest BCUT2D eigenvalue weighted by molar-refractivity contribution is 9.10. The van der Waals surface area contributed by atoms with Gasteiger partial charge in [-0.2, -0.15) is 0 Å². The zero-order chi connectivity index (χ0) is 14.4. The number of rotatable bonds is 5. The fourth-order valence-electron chi connectivity index (χ4n) is 1.85. The number of anilines is 2. The van der Waals surface area contributed by atoms with E-state index >= 15 is 0 Å². The maximum absolute atomic E-state index is 12.4. The summed E-state index contributed by atoms with van der Waals surface area (Å²) in [6.45, 7) is 2.94. The highest BCUT2D eigenvalue weighted by Crippen LogP contribution is 2.23. The molecule has 3 nitrogen and oxygen atoms in total. The highest BCUT2D eigenvalue weighted by Gasteiger charge is 2.11. The molecule has 104 valence electrons. The Hall–Kier alpha value is -1.81. The standard InChI is InChI=1S/C16H17BrN2O/c1-2-11-18-14-9-5-3-7-12(14)16(20)19-15-10-6-4-8-13(15)17/h3-10,18H,2,11H2,1H3,(H,19,20). The van der Waals surface area contributed by atoms with Crippen molar-refractivity contribution in [1.29, 1.82) is 0 Å². The Morgan fingerprint density at radius 3 is 2.40 bits per heavy atom. The molecule has 0 unspecified atom stereocenters. The highest BCUT2D eigenvalue weighted by atomic mass is 79.9. The monoisotopic (exact) mass is 332 g/mol. The molecule has 0 atom stereocenters. The number of hydrogen-bond donors (Lipinski definition) is 2. The van der Waals surface area contributed by atoms with E-state index in [1.54, 1.807) is 0 Å². The molecule has 2 rings (SSSR count).